The van der Waals surface area contributed by atoms with Crippen molar-refractivity contribution < 1.29 is 9.47 Å². The molecule has 8 heteroatoms. The normalized spacial score (nSPS) is 22.2. The van der Waals surface area contributed by atoms with Gasteiger partial charge in [0.25, 0.3) is 0 Å². The number of methoxy groups -OCH3 is 1. The number of aryl methyl sites for hydroxylation is 1. The molecule has 2 aliphatic rings. The van der Waals surface area contributed by atoms with Crippen molar-refractivity contribution in [3.63, 3.8) is 0 Å². The maximum Gasteiger partial charge on any atom is 0.170 e. The van der Waals surface area contributed by atoms with Crippen LogP contribution in [0.5, 0.6) is 0 Å². The predicted molar refractivity (Wildman–Crippen MR) is 125 cm³/mol. The Hall–Kier alpha value is -2.00. The van der Waals surface area contributed by atoms with Crippen molar-refractivity contribution in [2.24, 2.45) is 0 Å². The lowest BCUT2D eigenvalue weighted by Gasteiger charge is -2.32. The summed E-state index contributed by atoms with van der Waals surface area (Å²) in [5.41, 5.74) is 4.84. The summed E-state index contributed by atoms with van der Waals surface area (Å²) in [7, 11) is 1.75. The maximum absolute atomic E-state index is 5.83. The molecule has 0 spiro atoms. The number of nitrogens with one attached hydrogen (secondary N) is 1. The van der Waals surface area contributed by atoms with Crippen LogP contribution in [0.15, 0.2) is 30.5 Å². The molecule has 0 radical (unpaired) electrons. The first-order chi connectivity index (χ1) is 15.1. The fourth-order valence-electron chi connectivity index (χ4n) is 4.71. The van der Waals surface area contributed by atoms with Crippen LogP contribution in [0.25, 0.3) is 0 Å². The zero-order valence-corrected chi connectivity index (χ0v) is 19.5. The van der Waals surface area contributed by atoms with Crippen molar-refractivity contribution in [2.45, 2.75) is 32.5 Å². The van der Waals surface area contributed by atoms with Gasteiger partial charge in [0, 0.05) is 57.4 Å². The van der Waals surface area contributed by atoms with E-state index in [0.29, 0.717) is 6.61 Å². The zero-order valence-electron chi connectivity index (χ0n) is 18.7. The minimum atomic E-state index is 0.0229. The van der Waals surface area contributed by atoms with Crippen LogP contribution in [0.1, 0.15) is 34.7 Å². The molecule has 0 amide bonds. The standard InChI is InChI=1S/C23H33N5O2S/c1-17-16-19(18(2)27(17)12-13-29-3)22-21(20-6-4-5-7-24-20)25-23(31)28(22)9-8-26-10-14-30-15-11-26/h4-7,16,21-22H,8-15H2,1-3H3,(H,25,31)/t21-,22+/m0/s1. The average Bonchev–Trinajstić information content (AvgIpc) is 3.27. The van der Waals surface area contributed by atoms with Crippen molar-refractivity contribution in [1.82, 2.24) is 24.7 Å². The number of hydrogen-bond acceptors (Lipinski definition) is 5. The van der Waals surface area contributed by atoms with E-state index in [0.717, 1.165) is 56.7 Å². The Morgan fingerprint density at radius 2 is 2.00 bits per heavy atom. The van der Waals surface area contributed by atoms with E-state index in [1.165, 1.54) is 17.0 Å². The molecule has 2 aromatic heterocycles. The molecule has 31 heavy (non-hydrogen) atoms. The number of rotatable bonds is 8. The molecule has 2 aliphatic heterocycles. The van der Waals surface area contributed by atoms with Gasteiger partial charge in [-0.15, -0.1) is 0 Å². The van der Waals surface area contributed by atoms with Gasteiger partial charge in [-0.3, -0.25) is 9.88 Å². The molecule has 2 saturated heterocycles. The highest BCUT2D eigenvalue weighted by molar-refractivity contribution is 7.80. The highest BCUT2D eigenvalue weighted by Crippen LogP contribution is 2.40. The number of aromatic nitrogens is 2. The molecule has 2 atom stereocenters. The summed E-state index contributed by atoms with van der Waals surface area (Å²) in [4.78, 5) is 9.47. The second-order valence-corrected chi connectivity index (χ2v) is 8.63. The van der Waals surface area contributed by atoms with E-state index in [-0.39, 0.29) is 12.1 Å². The van der Waals surface area contributed by atoms with Gasteiger partial charge >= 0.3 is 0 Å². The summed E-state index contributed by atoms with van der Waals surface area (Å²) in [5.74, 6) is 0. The minimum Gasteiger partial charge on any atom is -0.383 e. The summed E-state index contributed by atoms with van der Waals surface area (Å²) in [5, 5.41) is 4.37. The Kier molecular flexibility index (Phi) is 7.22. The first-order valence-electron chi connectivity index (χ1n) is 11.0. The summed E-state index contributed by atoms with van der Waals surface area (Å²) in [6.45, 7) is 11.3. The van der Waals surface area contributed by atoms with Gasteiger partial charge in [0.05, 0.1) is 37.6 Å². The molecule has 1 N–H and O–H groups in total. The molecular weight excluding hydrogens is 410 g/mol. The van der Waals surface area contributed by atoms with E-state index < -0.39 is 0 Å². The molecule has 2 aromatic rings. The van der Waals surface area contributed by atoms with Gasteiger partial charge in [-0.1, -0.05) is 6.07 Å². The third kappa shape index (κ3) is 4.77. The third-order valence-corrected chi connectivity index (χ3v) is 6.76. The summed E-state index contributed by atoms with van der Waals surface area (Å²) in [6.07, 6.45) is 1.86. The molecule has 0 aromatic carbocycles. The molecule has 0 unspecified atom stereocenters. The van der Waals surface area contributed by atoms with Crippen LogP contribution in [0.2, 0.25) is 0 Å². The maximum atomic E-state index is 5.83. The molecule has 168 valence electrons. The number of ether oxygens (including phenoxy) is 2. The molecule has 0 aliphatic carbocycles. The van der Waals surface area contributed by atoms with Gasteiger partial charge < -0.3 is 24.3 Å². The molecule has 0 saturated carbocycles. The van der Waals surface area contributed by atoms with Crippen LogP contribution in [0, 0.1) is 13.8 Å². The molecule has 4 heterocycles. The Morgan fingerprint density at radius 1 is 1.19 bits per heavy atom. The summed E-state index contributed by atoms with van der Waals surface area (Å²) >= 11 is 5.83. The van der Waals surface area contributed by atoms with Crippen molar-refractivity contribution in [1.29, 1.82) is 0 Å². The summed E-state index contributed by atoms with van der Waals surface area (Å²) in [6, 6.07) is 8.52. The second kappa shape index (κ2) is 10.1. The number of morpholine rings is 1. The highest BCUT2D eigenvalue weighted by atomic mass is 32.1. The topological polar surface area (TPSA) is 54.8 Å². The first kappa shape index (κ1) is 22.2. The number of hydrogen-bond donors (Lipinski definition) is 1. The lowest BCUT2D eigenvalue weighted by molar-refractivity contribution is 0.0350. The van der Waals surface area contributed by atoms with Crippen LogP contribution >= 0.6 is 12.2 Å². The van der Waals surface area contributed by atoms with Crippen LogP contribution in [0.3, 0.4) is 0 Å². The van der Waals surface area contributed by atoms with Gasteiger partial charge in [0.1, 0.15) is 0 Å². The van der Waals surface area contributed by atoms with E-state index in [4.69, 9.17) is 21.7 Å². The van der Waals surface area contributed by atoms with Crippen LogP contribution in [0.4, 0.5) is 0 Å². The zero-order chi connectivity index (χ0) is 21.8. The predicted octanol–water partition coefficient (Wildman–Crippen LogP) is 2.45. The van der Waals surface area contributed by atoms with Crippen molar-refractivity contribution in [3.8, 4) is 0 Å². The lowest BCUT2D eigenvalue weighted by atomic mass is 9.97. The van der Waals surface area contributed by atoms with E-state index in [1.54, 1.807) is 7.11 Å². The van der Waals surface area contributed by atoms with E-state index >= 15 is 0 Å². The van der Waals surface area contributed by atoms with Crippen molar-refractivity contribution >= 4 is 17.3 Å². The van der Waals surface area contributed by atoms with Gasteiger partial charge in [-0.2, -0.15) is 0 Å². The molecule has 7 nitrogen and oxygen atoms in total. The number of thiocarbonyl (C=S) groups is 1. The van der Waals surface area contributed by atoms with Gasteiger partial charge in [-0.05, 0) is 49.8 Å². The largest absolute Gasteiger partial charge is 0.383 e. The second-order valence-electron chi connectivity index (χ2n) is 8.24. The van der Waals surface area contributed by atoms with E-state index in [1.807, 2.05) is 18.3 Å². The number of pyridine rings is 1. The quantitative estimate of drug-likeness (QED) is 0.629. The van der Waals surface area contributed by atoms with Crippen molar-refractivity contribution in [3.05, 3.63) is 53.1 Å². The summed E-state index contributed by atoms with van der Waals surface area (Å²) < 4.78 is 13.2. The van der Waals surface area contributed by atoms with Crippen LogP contribution < -0.4 is 5.32 Å². The molecule has 4 rings (SSSR count). The fourth-order valence-corrected chi connectivity index (χ4v) is 5.04. The molecule has 0 bridgehead atoms. The van der Waals surface area contributed by atoms with Crippen molar-refractivity contribution in [2.75, 3.05) is 53.1 Å². The van der Waals surface area contributed by atoms with Crippen LogP contribution in [-0.4, -0.2) is 77.6 Å². The molecule has 2 fully saturated rings. The Labute approximate surface area is 190 Å². The van der Waals surface area contributed by atoms with Gasteiger partial charge in [0.2, 0.25) is 0 Å². The van der Waals surface area contributed by atoms with Gasteiger partial charge in [0.15, 0.2) is 5.11 Å². The Bertz CT molecular complexity index is 882. The fraction of sp³-hybridized carbons (Fsp3) is 0.565. The SMILES string of the molecule is COCCn1c(C)cc([C@@H]2[C@H](c3ccccn3)NC(=S)N2CCN2CCOCC2)c1C. The monoisotopic (exact) mass is 443 g/mol. The van der Waals surface area contributed by atoms with E-state index in [9.17, 15) is 0 Å². The van der Waals surface area contributed by atoms with Crippen LogP contribution in [-0.2, 0) is 16.0 Å². The molecular formula is C23H33N5O2S. The Morgan fingerprint density at radius 3 is 2.71 bits per heavy atom. The van der Waals surface area contributed by atoms with Gasteiger partial charge in [-0.25, -0.2) is 0 Å². The van der Waals surface area contributed by atoms with E-state index in [2.05, 4.69) is 50.6 Å². The first-order valence-corrected chi connectivity index (χ1v) is 11.4. The average molecular weight is 444 g/mol. The highest BCUT2D eigenvalue weighted by Gasteiger charge is 2.41. The number of nitrogens with zero attached hydrogens (tertiary/aromatic N) is 4. The lowest BCUT2D eigenvalue weighted by Crippen LogP contribution is -2.42. The Balaban J connectivity index is 1.65. The smallest absolute Gasteiger partial charge is 0.170 e. The minimum absolute atomic E-state index is 0.0229. The third-order valence-electron chi connectivity index (χ3n) is 6.41.